The van der Waals surface area contributed by atoms with E-state index in [1.54, 1.807) is 19.1 Å². The second kappa shape index (κ2) is 4.17. The van der Waals surface area contributed by atoms with Crippen LogP contribution in [0, 0.1) is 11.3 Å². The zero-order valence-corrected chi connectivity index (χ0v) is 10.1. The standard InChI is InChI=1S/C13H14O5/c1-3-4-8-5-6-9(14)11(16)13(8)10(15)7(2)18-12(13)17/h3-8,11,16H,1-2H3/b4-3+/t7-,8+,11-,13+/m1/s1. The molecule has 0 saturated carbocycles. The summed E-state index contributed by atoms with van der Waals surface area (Å²) >= 11 is 0. The van der Waals surface area contributed by atoms with Gasteiger partial charge < -0.3 is 9.84 Å². The summed E-state index contributed by atoms with van der Waals surface area (Å²) in [6.07, 6.45) is 3.34. The number of carbonyl (C=O) groups excluding carboxylic acids is 3. The third-order valence-electron chi connectivity index (χ3n) is 3.49. The number of aliphatic hydroxyl groups is 1. The molecular weight excluding hydrogens is 236 g/mol. The largest absolute Gasteiger partial charge is 0.454 e. The van der Waals surface area contributed by atoms with Gasteiger partial charge in [-0.25, -0.2) is 0 Å². The quantitative estimate of drug-likeness (QED) is 0.408. The van der Waals surface area contributed by atoms with E-state index < -0.39 is 41.1 Å². The van der Waals surface area contributed by atoms with E-state index >= 15 is 0 Å². The van der Waals surface area contributed by atoms with Crippen molar-refractivity contribution in [3.63, 3.8) is 0 Å². The molecule has 18 heavy (non-hydrogen) atoms. The van der Waals surface area contributed by atoms with Gasteiger partial charge in [0.25, 0.3) is 0 Å². The van der Waals surface area contributed by atoms with E-state index in [1.807, 2.05) is 0 Å². The molecule has 1 saturated heterocycles. The minimum atomic E-state index is -1.81. The van der Waals surface area contributed by atoms with Gasteiger partial charge in [-0.05, 0) is 19.9 Å². The molecule has 1 aliphatic carbocycles. The van der Waals surface area contributed by atoms with Crippen molar-refractivity contribution in [2.24, 2.45) is 11.3 Å². The highest BCUT2D eigenvalue weighted by Crippen LogP contribution is 2.45. The highest BCUT2D eigenvalue weighted by Gasteiger charge is 2.65. The van der Waals surface area contributed by atoms with E-state index in [1.165, 1.54) is 19.1 Å². The molecule has 1 aliphatic heterocycles. The maximum atomic E-state index is 12.2. The number of carbonyl (C=O) groups is 3. The van der Waals surface area contributed by atoms with Crippen LogP contribution in [0.3, 0.4) is 0 Å². The number of hydrogen-bond donors (Lipinski definition) is 1. The van der Waals surface area contributed by atoms with Crippen molar-refractivity contribution in [1.82, 2.24) is 0 Å². The molecule has 1 N–H and O–H groups in total. The van der Waals surface area contributed by atoms with E-state index in [4.69, 9.17) is 4.74 Å². The van der Waals surface area contributed by atoms with Gasteiger partial charge in [0.1, 0.15) is 6.10 Å². The maximum absolute atomic E-state index is 12.2. The van der Waals surface area contributed by atoms with E-state index in [9.17, 15) is 19.5 Å². The summed E-state index contributed by atoms with van der Waals surface area (Å²) in [5, 5.41) is 10.0. The van der Waals surface area contributed by atoms with Crippen LogP contribution in [-0.4, -0.2) is 34.9 Å². The van der Waals surface area contributed by atoms with Crippen molar-refractivity contribution < 1.29 is 24.2 Å². The number of allylic oxidation sites excluding steroid dienone is 3. The van der Waals surface area contributed by atoms with Gasteiger partial charge in [-0.2, -0.15) is 0 Å². The maximum Gasteiger partial charge on any atom is 0.324 e. The molecule has 1 fully saturated rings. The third kappa shape index (κ3) is 1.40. The first-order valence-corrected chi connectivity index (χ1v) is 5.74. The lowest BCUT2D eigenvalue weighted by atomic mass is 9.64. The highest BCUT2D eigenvalue weighted by atomic mass is 16.6. The summed E-state index contributed by atoms with van der Waals surface area (Å²) in [4.78, 5) is 35.8. The molecule has 96 valence electrons. The average Bonchev–Trinajstić information content (AvgIpc) is 2.54. The molecule has 5 nitrogen and oxygen atoms in total. The number of aliphatic hydroxyl groups excluding tert-OH is 1. The van der Waals surface area contributed by atoms with Crippen LogP contribution in [0.4, 0.5) is 0 Å². The number of rotatable bonds is 1. The molecule has 1 heterocycles. The normalized spacial score (nSPS) is 39.9. The monoisotopic (exact) mass is 250 g/mol. The van der Waals surface area contributed by atoms with Crippen molar-refractivity contribution in [1.29, 1.82) is 0 Å². The van der Waals surface area contributed by atoms with Crippen LogP contribution in [0.5, 0.6) is 0 Å². The zero-order valence-electron chi connectivity index (χ0n) is 10.1. The summed E-state index contributed by atoms with van der Waals surface area (Å²) in [5.41, 5.74) is -1.81. The van der Waals surface area contributed by atoms with Crippen molar-refractivity contribution in [3.8, 4) is 0 Å². The topological polar surface area (TPSA) is 80.7 Å². The SMILES string of the molecule is C/C=C/[C@H]1C=CC(=O)[C@@H](O)[C@]12C(=O)O[C@H](C)C2=O. The molecule has 5 heteroatoms. The molecule has 4 atom stereocenters. The predicted molar refractivity (Wildman–Crippen MR) is 61.5 cm³/mol. The van der Waals surface area contributed by atoms with Crippen LogP contribution in [0.15, 0.2) is 24.3 Å². The van der Waals surface area contributed by atoms with Gasteiger partial charge in [0.15, 0.2) is 23.1 Å². The number of Topliss-reactive ketones (excluding diaryl/α,β-unsaturated/α-hetero) is 1. The Balaban J connectivity index is 2.62. The van der Waals surface area contributed by atoms with Crippen molar-refractivity contribution in [2.45, 2.75) is 26.1 Å². The summed E-state index contributed by atoms with van der Waals surface area (Å²) in [6, 6.07) is 0. The predicted octanol–water partition coefficient (Wildman–Crippen LogP) is 0.179. The fourth-order valence-corrected chi connectivity index (χ4v) is 2.57. The van der Waals surface area contributed by atoms with Crippen LogP contribution < -0.4 is 0 Å². The second-order valence-electron chi connectivity index (χ2n) is 4.50. The van der Waals surface area contributed by atoms with Crippen molar-refractivity contribution >= 4 is 17.5 Å². The Morgan fingerprint density at radius 2 is 2.06 bits per heavy atom. The van der Waals surface area contributed by atoms with Gasteiger partial charge in [0, 0.05) is 5.92 Å². The van der Waals surface area contributed by atoms with Crippen molar-refractivity contribution in [2.75, 3.05) is 0 Å². The Hall–Kier alpha value is -1.75. The smallest absolute Gasteiger partial charge is 0.324 e. The third-order valence-corrected chi connectivity index (χ3v) is 3.49. The Labute approximate surface area is 104 Å². The molecule has 0 unspecified atom stereocenters. The highest BCUT2D eigenvalue weighted by molar-refractivity contribution is 6.17. The van der Waals surface area contributed by atoms with E-state index in [0.29, 0.717) is 0 Å². The molecule has 2 rings (SSSR count). The Morgan fingerprint density at radius 3 is 2.56 bits per heavy atom. The number of cyclic esters (lactones) is 1. The van der Waals surface area contributed by atoms with Gasteiger partial charge in [-0.3, -0.25) is 14.4 Å². The van der Waals surface area contributed by atoms with Crippen LogP contribution in [0.2, 0.25) is 0 Å². The van der Waals surface area contributed by atoms with Gasteiger partial charge in [-0.15, -0.1) is 0 Å². The van der Waals surface area contributed by atoms with E-state index in [0.717, 1.165) is 0 Å². The van der Waals surface area contributed by atoms with Gasteiger partial charge in [0.2, 0.25) is 0 Å². The van der Waals surface area contributed by atoms with Crippen LogP contribution in [0.1, 0.15) is 13.8 Å². The first-order chi connectivity index (χ1) is 8.46. The molecule has 0 aromatic rings. The lowest BCUT2D eigenvalue weighted by molar-refractivity contribution is -0.160. The summed E-state index contributed by atoms with van der Waals surface area (Å²) in [6.45, 7) is 3.18. The Kier molecular flexibility index (Phi) is 2.94. The number of ether oxygens (including phenoxy) is 1. The second-order valence-corrected chi connectivity index (χ2v) is 4.50. The van der Waals surface area contributed by atoms with Crippen molar-refractivity contribution in [3.05, 3.63) is 24.3 Å². The molecule has 0 aromatic heterocycles. The van der Waals surface area contributed by atoms with Gasteiger partial charge in [-0.1, -0.05) is 18.2 Å². The van der Waals surface area contributed by atoms with Crippen LogP contribution in [-0.2, 0) is 19.1 Å². The van der Waals surface area contributed by atoms with E-state index in [-0.39, 0.29) is 0 Å². The molecule has 0 radical (unpaired) electrons. The molecule has 2 aliphatic rings. The number of hydrogen-bond acceptors (Lipinski definition) is 5. The first-order valence-electron chi connectivity index (χ1n) is 5.74. The fraction of sp³-hybridized carbons (Fsp3) is 0.462. The molecule has 1 spiro atoms. The molecular formula is C13H14O5. The van der Waals surface area contributed by atoms with Gasteiger partial charge in [0.05, 0.1) is 0 Å². The average molecular weight is 250 g/mol. The Morgan fingerprint density at radius 1 is 1.39 bits per heavy atom. The minimum Gasteiger partial charge on any atom is -0.454 e. The minimum absolute atomic E-state index is 0.541. The zero-order chi connectivity index (χ0) is 13.5. The van der Waals surface area contributed by atoms with Gasteiger partial charge >= 0.3 is 5.97 Å². The fourth-order valence-electron chi connectivity index (χ4n) is 2.57. The summed E-state index contributed by atoms with van der Waals surface area (Å²) in [5.74, 6) is -2.66. The summed E-state index contributed by atoms with van der Waals surface area (Å²) < 4.78 is 4.89. The molecule has 0 bridgehead atoms. The lowest BCUT2D eigenvalue weighted by Crippen LogP contribution is -2.55. The summed E-state index contributed by atoms with van der Waals surface area (Å²) in [7, 11) is 0. The Bertz CT molecular complexity index is 476. The van der Waals surface area contributed by atoms with Crippen LogP contribution in [0.25, 0.3) is 0 Å². The molecule has 0 aromatic carbocycles. The van der Waals surface area contributed by atoms with Crippen LogP contribution >= 0.6 is 0 Å². The van der Waals surface area contributed by atoms with E-state index in [2.05, 4.69) is 0 Å². The molecule has 0 amide bonds. The lowest BCUT2D eigenvalue weighted by Gasteiger charge is -2.34. The number of ketones is 2. The first kappa shape index (κ1) is 12.7. The number of esters is 1.